The number of carbonyl (C=O) groups is 2. The summed E-state index contributed by atoms with van der Waals surface area (Å²) in [6.07, 6.45) is 0.734. The number of alkyl carbamates (subject to hydrolysis) is 2. The van der Waals surface area contributed by atoms with Crippen LogP contribution in [0.2, 0.25) is 0 Å². The number of rotatable bonds is 10. The molecule has 0 radical (unpaired) electrons. The minimum atomic E-state index is -1.66. The highest BCUT2D eigenvalue weighted by molar-refractivity contribution is 7.92. The number of carbonyl (C=O) groups excluding carboxylic acids is 2. The van der Waals surface area contributed by atoms with Crippen molar-refractivity contribution in [3.05, 3.63) is 71.8 Å². The highest BCUT2D eigenvalue weighted by atomic mass is 32.2. The van der Waals surface area contributed by atoms with E-state index >= 15 is 0 Å². The van der Waals surface area contributed by atoms with E-state index in [4.69, 9.17) is 9.47 Å². The SMILES string of the molecule is CC(C)(C)OC(=O)NC(CCc1ccccc1)[S+]([O-])C(CCc1ccccc1)NC(=O)OC(C)(C)C. The van der Waals surface area contributed by atoms with E-state index in [0.29, 0.717) is 25.7 Å². The molecule has 0 bridgehead atoms. The Hall–Kier alpha value is -2.71. The van der Waals surface area contributed by atoms with E-state index in [0.717, 1.165) is 11.1 Å². The van der Waals surface area contributed by atoms with Crippen molar-refractivity contribution in [3.8, 4) is 0 Å². The zero-order valence-electron chi connectivity index (χ0n) is 22.2. The molecule has 0 saturated heterocycles. The number of hydrogen-bond acceptors (Lipinski definition) is 5. The van der Waals surface area contributed by atoms with Gasteiger partial charge in [-0.2, -0.15) is 0 Å². The summed E-state index contributed by atoms with van der Waals surface area (Å²) in [5.74, 6) is 0. The molecule has 0 spiro atoms. The quantitative estimate of drug-likeness (QED) is 0.395. The lowest BCUT2D eigenvalue weighted by molar-refractivity contribution is 0.0515. The van der Waals surface area contributed by atoms with Crippen LogP contribution in [0.25, 0.3) is 0 Å². The Morgan fingerprint density at radius 3 is 1.36 bits per heavy atom. The van der Waals surface area contributed by atoms with Crippen molar-refractivity contribution in [2.75, 3.05) is 0 Å². The van der Waals surface area contributed by atoms with E-state index in [1.54, 1.807) is 41.5 Å². The zero-order valence-corrected chi connectivity index (χ0v) is 23.0. The van der Waals surface area contributed by atoms with Gasteiger partial charge in [-0.05, 0) is 76.7 Å². The van der Waals surface area contributed by atoms with Gasteiger partial charge in [-0.15, -0.1) is 0 Å². The van der Waals surface area contributed by atoms with Crippen LogP contribution in [0.5, 0.6) is 0 Å². The maximum absolute atomic E-state index is 13.9. The summed E-state index contributed by atoms with van der Waals surface area (Å²) < 4.78 is 24.7. The smallest absolute Gasteiger partial charge is 0.411 e. The summed E-state index contributed by atoms with van der Waals surface area (Å²) in [5, 5.41) is 4.10. The number of aryl methyl sites for hydroxylation is 2. The molecular formula is C28H40N2O5S. The lowest BCUT2D eigenvalue weighted by Gasteiger charge is -2.31. The highest BCUT2D eigenvalue weighted by Crippen LogP contribution is 2.19. The van der Waals surface area contributed by atoms with Crippen LogP contribution in [0.1, 0.15) is 65.5 Å². The number of ether oxygens (including phenoxy) is 2. The van der Waals surface area contributed by atoms with E-state index in [1.807, 2.05) is 60.7 Å². The molecule has 8 heteroatoms. The average Bonchev–Trinajstić information content (AvgIpc) is 2.78. The maximum Gasteiger partial charge on any atom is 0.411 e. The molecule has 2 aromatic rings. The molecule has 198 valence electrons. The topological polar surface area (TPSA) is 99.7 Å². The van der Waals surface area contributed by atoms with Crippen molar-refractivity contribution in [1.82, 2.24) is 10.6 Å². The number of amides is 2. The van der Waals surface area contributed by atoms with Crippen LogP contribution in [0.4, 0.5) is 9.59 Å². The summed E-state index contributed by atoms with van der Waals surface area (Å²) in [4.78, 5) is 25.2. The van der Waals surface area contributed by atoms with Gasteiger partial charge in [0.2, 0.25) is 0 Å². The van der Waals surface area contributed by atoms with Gasteiger partial charge in [-0.25, -0.2) is 9.59 Å². The van der Waals surface area contributed by atoms with Crippen LogP contribution in [0.15, 0.2) is 60.7 Å². The predicted molar refractivity (Wildman–Crippen MR) is 144 cm³/mol. The zero-order chi connectivity index (χ0) is 26.8. The molecule has 0 heterocycles. The Balaban J connectivity index is 2.23. The fourth-order valence-corrected chi connectivity index (χ4v) is 4.98. The second kappa shape index (κ2) is 13.6. The van der Waals surface area contributed by atoms with E-state index < -0.39 is 45.3 Å². The normalized spacial score (nSPS) is 14.3. The first-order chi connectivity index (χ1) is 16.8. The Morgan fingerprint density at radius 1 is 0.722 bits per heavy atom. The minimum absolute atomic E-state index is 0.410. The first-order valence-corrected chi connectivity index (χ1v) is 13.6. The molecule has 2 aromatic carbocycles. The molecular weight excluding hydrogens is 476 g/mol. The Morgan fingerprint density at radius 2 is 1.06 bits per heavy atom. The van der Waals surface area contributed by atoms with Crippen molar-refractivity contribution in [2.24, 2.45) is 0 Å². The Bertz CT molecular complexity index is 864. The lowest BCUT2D eigenvalue weighted by atomic mass is 10.1. The monoisotopic (exact) mass is 516 g/mol. The molecule has 0 saturated carbocycles. The fourth-order valence-electron chi connectivity index (χ4n) is 3.45. The highest BCUT2D eigenvalue weighted by Gasteiger charge is 2.35. The number of hydrogen-bond donors (Lipinski definition) is 2. The standard InChI is InChI=1S/C28H40N2O5S/c1-27(2,3)34-25(31)29-23(19-17-21-13-9-7-10-14-21)36(33)24(30-26(32)35-28(4,5)6)20-18-22-15-11-8-12-16-22/h7-16,23-24H,17-20H2,1-6H3,(H,29,31)(H,30,32). The van der Waals surface area contributed by atoms with Crippen molar-refractivity contribution in [3.63, 3.8) is 0 Å². The van der Waals surface area contributed by atoms with Crippen molar-refractivity contribution < 1.29 is 23.6 Å². The Kier molecular flexibility index (Phi) is 11.1. The average molecular weight is 517 g/mol. The third kappa shape index (κ3) is 11.8. The van der Waals surface area contributed by atoms with Gasteiger partial charge in [0.15, 0.2) is 10.7 Å². The molecule has 0 fully saturated rings. The first-order valence-electron chi connectivity index (χ1n) is 12.3. The largest absolute Gasteiger partial charge is 0.613 e. The lowest BCUT2D eigenvalue weighted by Crippen LogP contribution is -2.52. The van der Waals surface area contributed by atoms with E-state index in [2.05, 4.69) is 10.6 Å². The van der Waals surface area contributed by atoms with E-state index in [1.165, 1.54) is 0 Å². The molecule has 2 atom stereocenters. The first kappa shape index (κ1) is 29.5. The van der Waals surface area contributed by atoms with Gasteiger partial charge in [0, 0.05) is 12.8 Å². The van der Waals surface area contributed by atoms with Gasteiger partial charge in [0.25, 0.3) is 0 Å². The molecule has 36 heavy (non-hydrogen) atoms. The third-order valence-electron chi connectivity index (χ3n) is 4.99. The Labute approximate surface area is 218 Å². The number of benzene rings is 2. The molecule has 2 rings (SSSR count). The molecule has 0 aliphatic carbocycles. The van der Waals surface area contributed by atoms with Gasteiger partial charge < -0.3 is 14.0 Å². The van der Waals surface area contributed by atoms with Crippen molar-refractivity contribution in [2.45, 2.75) is 89.2 Å². The molecule has 0 aliphatic heterocycles. The molecule has 2 amide bonds. The van der Waals surface area contributed by atoms with Gasteiger partial charge >= 0.3 is 12.2 Å². The van der Waals surface area contributed by atoms with Crippen LogP contribution < -0.4 is 10.6 Å². The van der Waals surface area contributed by atoms with Gasteiger partial charge in [0.1, 0.15) is 11.2 Å². The summed E-state index contributed by atoms with van der Waals surface area (Å²) in [6.45, 7) is 10.6. The van der Waals surface area contributed by atoms with Gasteiger partial charge in [-0.1, -0.05) is 60.7 Å². The van der Waals surface area contributed by atoms with E-state index in [9.17, 15) is 14.1 Å². The minimum Gasteiger partial charge on any atom is -0.613 e. The van der Waals surface area contributed by atoms with Crippen LogP contribution in [-0.4, -0.2) is 38.7 Å². The van der Waals surface area contributed by atoms with Crippen LogP contribution in [-0.2, 0) is 33.5 Å². The summed E-state index contributed by atoms with van der Waals surface area (Å²) in [6, 6.07) is 19.6. The predicted octanol–water partition coefficient (Wildman–Crippen LogP) is 5.70. The summed E-state index contributed by atoms with van der Waals surface area (Å²) >= 11 is -1.66. The molecule has 7 nitrogen and oxygen atoms in total. The fraction of sp³-hybridized carbons (Fsp3) is 0.500. The second-order valence-electron chi connectivity index (χ2n) is 10.6. The summed E-state index contributed by atoms with van der Waals surface area (Å²) in [5.41, 5.74) is 0.728. The van der Waals surface area contributed by atoms with Crippen molar-refractivity contribution >= 4 is 23.4 Å². The van der Waals surface area contributed by atoms with Gasteiger partial charge in [-0.3, -0.25) is 10.6 Å². The molecule has 2 unspecified atom stereocenters. The van der Waals surface area contributed by atoms with E-state index in [-0.39, 0.29) is 0 Å². The number of nitrogens with one attached hydrogen (secondary N) is 2. The molecule has 0 aromatic heterocycles. The van der Waals surface area contributed by atoms with Gasteiger partial charge in [0.05, 0.1) is 0 Å². The van der Waals surface area contributed by atoms with Crippen LogP contribution >= 0.6 is 0 Å². The second-order valence-corrected chi connectivity index (χ2v) is 12.4. The molecule has 2 N–H and O–H groups in total. The third-order valence-corrected chi connectivity index (χ3v) is 6.82. The van der Waals surface area contributed by atoms with Crippen LogP contribution in [0.3, 0.4) is 0 Å². The molecule has 0 aliphatic rings. The van der Waals surface area contributed by atoms with Crippen molar-refractivity contribution in [1.29, 1.82) is 0 Å². The van der Waals surface area contributed by atoms with Crippen LogP contribution in [0, 0.1) is 0 Å². The summed E-state index contributed by atoms with van der Waals surface area (Å²) in [7, 11) is 0. The maximum atomic E-state index is 13.9.